The number of aryl methyl sites for hydroxylation is 2. The number of amides is 1. The first-order valence-corrected chi connectivity index (χ1v) is 9.35. The fourth-order valence-corrected chi connectivity index (χ4v) is 3.72. The van der Waals surface area contributed by atoms with Crippen molar-refractivity contribution in [1.29, 1.82) is 0 Å². The molecule has 0 bridgehead atoms. The quantitative estimate of drug-likeness (QED) is 0.520. The summed E-state index contributed by atoms with van der Waals surface area (Å²) < 4.78 is 33.0. The van der Waals surface area contributed by atoms with Gasteiger partial charge in [-0.05, 0) is 42.7 Å². The largest absolute Gasteiger partial charge is 0.495 e. The van der Waals surface area contributed by atoms with E-state index in [4.69, 9.17) is 10.5 Å². The van der Waals surface area contributed by atoms with Crippen molar-refractivity contribution in [2.75, 3.05) is 11.8 Å². The highest BCUT2D eigenvalue weighted by Crippen LogP contribution is 2.29. The minimum Gasteiger partial charge on any atom is -0.495 e. The zero-order valence-corrected chi connectivity index (χ0v) is 15.6. The number of nitrogens with two attached hydrogens (primary N) is 1. The van der Waals surface area contributed by atoms with E-state index in [0.717, 1.165) is 0 Å². The van der Waals surface area contributed by atoms with Crippen LogP contribution in [0.25, 0.3) is 0 Å². The summed E-state index contributed by atoms with van der Waals surface area (Å²) in [4.78, 5) is 21.1. The predicted octanol–water partition coefficient (Wildman–Crippen LogP) is 2.13. The third-order valence-electron chi connectivity index (χ3n) is 3.84. The summed E-state index contributed by atoms with van der Waals surface area (Å²) in [6.07, 6.45) is 0.496. The van der Waals surface area contributed by atoms with Crippen molar-refractivity contribution in [2.24, 2.45) is 5.73 Å². The van der Waals surface area contributed by atoms with Gasteiger partial charge in [0.05, 0.1) is 17.7 Å². The van der Waals surface area contributed by atoms with Crippen LogP contribution < -0.4 is 15.2 Å². The molecule has 10 heteroatoms. The van der Waals surface area contributed by atoms with Crippen LogP contribution in [-0.2, 0) is 21.2 Å². The Morgan fingerprint density at radius 3 is 2.52 bits per heavy atom. The molecule has 0 spiro atoms. The van der Waals surface area contributed by atoms with Crippen LogP contribution in [0.3, 0.4) is 0 Å². The smallest absolute Gasteiger partial charge is 0.269 e. The standard InChI is InChI=1S/C17H19N3O6S/c1-11-9-13(20(22)23)5-6-14(11)19-27(24,25)16-7-3-12(4-8-17(18)21)10-15(16)26-2/h3,5-7,9-10,19H,4,8H2,1-2H3,(H2,18,21). The SMILES string of the molecule is COc1cc(CCC(N)=O)ccc1S(=O)(=O)Nc1ccc([N+](=O)[O-])cc1C. The Bertz CT molecular complexity index is 988. The second-order valence-corrected chi connectivity index (χ2v) is 7.46. The third-order valence-corrected chi connectivity index (χ3v) is 5.25. The molecular weight excluding hydrogens is 374 g/mol. The number of nitro groups is 1. The molecule has 0 aliphatic rings. The van der Waals surface area contributed by atoms with Gasteiger partial charge in [-0.15, -0.1) is 0 Å². The summed E-state index contributed by atoms with van der Waals surface area (Å²) in [6, 6.07) is 8.30. The number of nitrogens with zero attached hydrogens (tertiary/aromatic N) is 1. The van der Waals surface area contributed by atoms with Gasteiger partial charge in [0.15, 0.2) is 0 Å². The van der Waals surface area contributed by atoms with Gasteiger partial charge in [-0.2, -0.15) is 0 Å². The molecule has 3 N–H and O–H groups in total. The molecule has 0 unspecified atom stereocenters. The highest BCUT2D eigenvalue weighted by atomic mass is 32.2. The van der Waals surface area contributed by atoms with Gasteiger partial charge in [0, 0.05) is 18.6 Å². The number of ether oxygens (including phenoxy) is 1. The summed E-state index contributed by atoms with van der Waals surface area (Å²) in [5, 5.41) is 10.8. The summed E-state index contributed by atoms with van der Waals surface area (Å²) in [6.45, 7) is 1.56. The van der Waals surface area contributed by atoms with Gasteiger partial charge in [0.1, 0.15) is 10.6 Å². The van der Waals surface area contributed by atoms with E-state index < -0.39 is 20.9 Å². The Balaban J connectivity index is 2.33. The van der Waals surface area contributed by atoms with Crippen LogP contribution in [0, 0.1) is 17.0 Å². The fraction of sp³-hybridized carbons (Fsp3) is 0.235. The second-order valence-electron chi connectivity index (χ2n) is 5.81. The zero-order chi connectivity index (χ0) is 20.2. The van der Waals surface area contributed by atoms with Gasteiger partial charge < -0.3 is 10.5 Å². The molecule has 1 amide bonds. The van der Waals surface area contributed by atoms with Crippen LogP contribution in [0.4, 0.5) is 11.4 Å². The van der Waals surface area contributed by atoms with E-state index in [0.29, 0.717) is 17.5 Å². The third kappa shape index (κ3) is 4.94. The number of nitrogens with one attached hydrogen (secondary N) is 1. The zero-order valence-electron chi connectivity index (χ0n) is 14.8. The number of carbonyl (C=O) groups is 1. The number of nitro benzene ring substituents is 1. The van der Waals surface area contributed by atoms with Gasteiger partial charge in [0.25, 0.3) is 15.7 Å². The van der Waals surface area contributed by atoms with Gasteiger partial charge in [-0.3, -0.25) is 19.6 Å². The molecule has 144 valence electrons. The summed E-state index contributed by atoms with van der Waals surface area (Å²) in [5.41, 5.74) is 6.32. The number of hydrogen-bond acceptors (Lipinski definition) is 6. The lowest BCUT2D eigenvalue weighted by Crippen LogP contribution is -2.15. The van der Waals surface area contributed by atoms with Gasteiger partial charge in [-0.25, -0.2) is 8.42 Å². The topological polar surface area (TPSA) is 142 Å². The predicted molar refractivity (Wildman–Crippen MR) is 99.2 cm³/mol. The second kappa shape index (κ2) is 8.04. The number of primary amides is 1. The van der Waals surface area contributed by atoms with Crippen LogP contribution in [0.1, 0.15) is 17.5 Å². The number of rotatable bonds is 8. The number of methoxy groups -OCH3 is 1. The maximum Gasteiger partial charge on any atom is 0.269 e. The molecule has 0 atom stereocenters. The number of sulfonamides is 1. The van der Waals surface area contributed by atoms with Crippen molar-refractivity contribution in [3.8, 4) is 5.75 Å². The van der Waals surface area contributed by atoms with Gasteiger partial charge >= 0.3 is 0 Å². The molecule has 2 aromatic carbocycles. The van der Waals surface area contributed by atoms with Crippen LogP contribution in [0.15, 0.2) is 41.3 Å². The van der Waals surface area contributed by atoms with Crippen molar-refractivity contribution in [3.05, 3.63) is 57.6 Å². The molecule has 27 heavy (non-hydrogen) atoms. The fourth-order valence-electron chi connectivity index (χ4n) is 2.43. The molecule has 2 aromatic rings. The first-order chi connectivity index (χ1) is 12.6. The van der Waals surface area contributed by atoms with Crippen LogP contribution in [-0.4, -0.2) is 26.4 Å². The monoisotopic (exact) mass is 393 g/mol. The highest BCUT2D eigenvalue weighted by Gasteiger charge is 2.21. The molecule has 0 fully saturated rings. The molecule has 9 nitrogen and oxygen atoms in total. The molecule has 0 radical (unpaired) electrons. The molecule has 0 aromatic heterocycles. The van der Waals surface area contributed by atoms with Crippen molar-refractivity contribution in [2.45, 2.75) is 24.7 Å². The van der Waals surface area contributed by atoms with E-state index in [2.05, 4.69) is 4.72 Å². The number of carbonyl (C=O) groups excluding carboxylic acids is 1. The van der Waals surface area contributed by atoms with E-state index >= 15 is 0 Å². The van der Waals surface area contributed by atoms with E-state index in [1.807, 2.05) is 0 Å². The lowest BCUT2D eigenvalue weighted by molar-refractivity contribution is -0.384. The number of non-ortho nitro benzene ring substituents is 1. The van der Waals surface area contributed by atoms with Crippen LogP contribution >= 0.6 is 0 Å². The Labute approximate surface area is 156 Å². The van der Waals surface area contributed by atoms with Crippen molar-refractivity contribution < 1.29 is 22.9 Å². The lowest BCUT2D eigenvalue weighted by atomic mass is 10.1. The number of hydrogen-bond donors (Lipinski definition) is 2. The molecule has 0 saturated carbocycles. The van der Waals surface area contributed by atoms with Gasteiger partial charge in [0.2, 0.25) is 5.91 Å². The molecule has 0 aliphatic carbocycles. The number of benzene rings is 2. The molecular formula is C17H19N3O6S. The Morgan fingerprint density at radius 1 is 1.26 bits per heavy atom. The lowest BCUT2D eigenvalue weighted by Gasteiger charge is -2.14. The molecule has 0 heterocycles. The maximum atomic E-state index is 12.7. The molecule has 2 rings (SSSR count). The summed E-state index contributed by atoms with van der Waals surface area (Å²) in [7, 11) is -2.66. The van der Waals surface area contributed by atoms with Crippen molar-refractivity contribution in [3.63, 3.8) is 0 Å². The average molecular weight is 393 g/mol. The van der Waals surface area contributed by atoms with E-state index in [-0.39, 0.29) is 28.4 Å². The minimum atomic E-state index is -4.00. The highest BCUT2D eigenvalue weighted by molar-refractivity contribution is 7.92. The normalized spacial score (nSPS) is 11.0. The summed E-state index contributed by atoms with van der Waals surface area (Å²) in [5.74, 6) is -0.343. The van der Waals surface area contributed by atoms with E-state index in [1.54, 1.807) is 13.0 Å². The first-order valence-electron chi connectivity index (χ1n) is 7.87. The van der Waals surface area contributed by atoms with E-state index in [1.165, 1.54) is 37.4 Å². The Kier molecular flexibility index (Phi) is 6.01. The molecule has 0 aliphatic heterocycles. The van der Waals surface area contributed by atoms with Crippen LogP contribution in [0.5, 0.6) is 5.75 Å². The Morgan fingerprint density at radius 2 is 1.96 bits per heavy atom. The average Bonchev–Trinajstić information content (AvgIpc) is 2.61. The van der Waals surface area contributed by atoms with Gasteiger partial charge in [-0.1, -0.05) is 6.07 Å². The van der Waals surface area contributed by atoms with E-state index in [9.17, 15) is 23.3 Å². The molecule has 0 saturated heterocycles. The Hall–Kier alpha value is -3.14. The van der Waals surface area contributed by atoms with Crippen molar-refractivity contribution >= 4 is 27.3 Å². The number of anilines is 1. The minimum absolute atomic E-state index is 0.0921. The summed E-state index contributed by atoms with van der Waals surface area (Å²) >= 11 is 0. The van der Waals surface area contributed by atoms with Crippen LogP contribution in [0.2, 0.25) is 0 Å². The van der Waals surface area contributed by atoms with Crippen molar-refractivity contribution in [1.82, 2.24) is 0 Å². The first kappa shape index (κ1) is 20.2. The maximum absolute atomic E-state index is 12.7.